The van der Waals surface area contributed by atoms with E-state index in [2.05, 4.69) is 15.5 Å². The maximum Gasteiger partial charge on any atom is 0.234 e. The van der Waals surface area contributed by atoms with Crippen molar-refractivity contribution in [2.75, 3.05) is 18.2 Å². The third-order valence-corrected chi connectivity index (χ3v) is 5.57. The molecule has 3 aromatic carbocycles. The molecule has 0 aliphatic heterocycles. The van der Waals surface area contributed by atoms with Gasteiger partial charge in [-0.2, -0.15) is 0 Å². The molecule has 0 aliphatic rings. The quantitative estimate of drug-likeness (QED) is 0.419. The molecule has 0 unspecified atom stereocenters. The zero-order valence-electron chi connectivity index (χ0n) is 17.3. The monoisotopic (exact) mass is 430 g/mol. The van der Waals surface area contributed by atoms with Crippen LogP contribution in [0, 0.1) is 6.92 Å². The van der Waals surface area contributed by atoms with Gasteiger partial charge in [0, 0.05) is 16.9 Å². The van der Waals surface area contributed by atoms with Crippen LogP contribution in [0.25, 0.3) is 17.1 Å². The van der Waals surface area contributed by atoms with Crippen LogP contribution in [-0.2, 0) is 4.79 Å². The number of carbonyl (C=O) groups excluding carboxylic acids is 1. The number of amides is 1. The van der Waals surface area contributed by atoms with Gasteiger partial charge >= 0.3 is 0 Å². The van der Waals surface area contributed by atoms with Crippen LogP contribution in [0.4, 0.5) is 5.69 Å². The van der Waals surface area contributed by atoms with Gasteiger partial charge in [-0.25, -0.2) is 0 Å². The largest absolute Gasteiger partial charge is 0.497 e. The first kappa shape index (κ1) is 20.7. The summed E-state index contributed by atoms with van der Waals surface area (Å²) in [4.78, 5) is 12.5. The number of anilines is 1. The molecule has 0 aliphatic carbocycles. The van der Waals surface area contributed by atoms with Gasteiger partial charge in [-0.3, -0.25) is 9.36 Å². The van der Waals surface area contributed by atoms with Crippen LogP contribution in [0.15, 0.2) is 84.0 Å². The minimum atomic E-state index is -0.0978. The number of ether oxygens (including phenoxy) is 1. The molecular weight excluding hydrogens is 408 g/mol. The molecule has 1 aromatic heterocycles. The van der Waals surface area contributed by atoms with E-state index in [0.717, 1.165) is 28.3 Å². The second-order valence-electron chi connectivity index (χ2n) is 6.91. The van der Waals surface area contributed by atoms with E-state index in [9.17, 15) is 4.79 Å². The SMILES string of the molecule is COc1cccc(-c2nnc(SCC(=O)Nc3ccc(C)cc3)n2-c2ccccc2)c1. The Bertz CT molecular complexity index is 1170. The highest BCUT2D eigenvalue weighted by molar-refractivity contribution is 7.99. The molecule has 156 valence electrons. The first-order valence-corrected chi connectivity index (χ1v) is 10.8. The molecule has 0 radical (unpaired) electrons. The molecule has 6 nitrogen and oxygen atoms in total. The zero-order chi connectivity index (χ0) is 21.6. The molecule has 0 bridgehead atoms. The lowest BCUT2D eigenvalue weighted by molar-refractivity contribution is -0.113. The van der Waals surface area contributed by atoms with Crippen molar-refractivity contribution in [3.63, 3.8) is 0 Å². The van der Waals surface area contributed by atoms with Crippen LogP contribution in [-0.4, -0.2) is 33.5 Å². The number of rotatable bonds is 7. The summed E-state index contributed by atoms with van der Waals surface area (Å²) in [5.41, 5.74) is 3.73. The second kappa shape index (κ2) is 9.49. The summed E-state index contributed by atoms with van der Waals surface area (Å²) in [5.74, 6) is 1.55. The Morgan fingerprint density at radius 3 is 2.52 bits per heavy atom. The van der Waals surface area contributed by atoms with Gasteiger partial charge in [0.05, 0.1) is 12.9 Å². The van der Waals surface area contributed by atoms with Crippen LogP contribution in [0.2, 0.25) is 0 Å². The molecule has 31 heavy (non-hydrogen) atoms. The van der Waals surface area contributed by atoms with E-state index in [-0.39, 0.29) is 11.7 Å². The number of benzene rings is 3. The number of aryl methyl sites for hydroxylation is 1. The summed E-state index contributed by atoms with van der Waals surface area (Å²) in [6, 6.07) is 25.3. The molecule has 0 saturated carbocycles. The van der Waals surface area contributed by atoms with E-state index in [1.807, 2.05) is 90.4 Å². The lowest BCUT2D eigenvalue weighted by atomic mass is 10.2. The summed E-state index contributed by atoms with van der Waals surface area (Å²) < 4.78 is 7.31. The Morgan fingerprint density at radius 2 is 1.77 bits per heavy atom. The average Bonchev–Trinajstić information content (AvgIpc) is 3.24. The van der Waals surface area contributed by atoms with E-state index in [1.54, 1.807) is 7.11 Å². The molecule has 0 spiro atoms. The minimum absolute atomic E-state index is 0.0978. The fourth-order valence-corrected chi connectivity index (χ4v) is 3.84. The number of nitrogens with zero attached hydrogens (tertiary/aromatic N) is 3. The predicted molar refractivity (Wildman–Crippen MR) is 124 cm³/mol. The number of thioether (sulfide) groups is 1. The fourth-order valence-electron chi connectivity index (χ4n) is 3.09. The van der Waals surface area contributed by atoms with Crippen LogP contribution >= 0.6 is 11.8 Å². The molecule has 4 aromatic rings. The lowest BCUT2D eigenvalue weighted by Crippen LogP contribution is -2.14. The van der Waals surface area contributed by atoms with Crippen LogP contribution < -0.4 is 10.1 Å². The number of nitrogens with one attached hydrogen (secondary N) is 1. The topological polar surface area (TPSA) is 69.0 Å². The Balaban J connectivity index is 1.59. The van der Waals surface area contributed by atoms with Gasteiger partial charge in [0.25, 0.3) is 0 Å². The molecule has 0 fully saturated rings. The zero-order valence-corrected chi connectivity index (χ0v) is 18.1. The van der Waals surface area contributed by atoms with Crippen molar-refractivity contribution >= 4 is 23.4 Å². The van der Waals surface area contributed by atoms with Gasteiger partial charge in [0.2, 0.25) is 5.91 Å². The van der Waals surface area contributed by atoms with Gasteiger partial charge in [-0.15, -0.1) is 10.2 Å². The first-order valence-electron chi connectivity index (χ1n) is 9.78. The lowest BCUT2D eigenvalue weighted by Gasteiger charge is -2.11. The number of para-hydroxylation sites is 1. The highest BCUT2D eigenvalue weighted by atomic mass is 32.2. The molecule has 0 atom stereocenters. The van der Waals surface area contributed by atoms with E-state index in [0.29, 0.717) is 11.0 Å². The second-order valence-corrected chi connectivity index (χ2v) is 7.85. The van der Waals surface area contributed by atoms with Crippen LogP contribution in [0.3, 0.4) is 0 Å². The Labute approximate surface area is 185 Å². The summed E-state index contributed by atoms with van der Waals surface area (Å²) in [7, 11) is 1.63. The molecule has 7 heteroatoms. The fraction of sp³-hybridized carbons (Fsp3) is 0.125. The standard InChI is InChI=1S/C24H22N4O2S/c1-17-11-13-19(14-12-17)25-22(29)16-31-24-27-26-23(18-7-6-10-21(15-18)30-2)28(24)20-8-4-3-5-9-20/h3-15H,16H2,1-2H3,(H,25,29). The molecule has 1 heterocycles. The highest BCUT2D eigenvalue weighted by Crippen LogP contribution is 2.29. The molecule has 1 amide bonds. The maximum absolute atomic E-state index is 12.5. The number of hydrogen-bond acceptors (Lipinski definition) is 5. The van der Waals surface area contributed by atoms with Crippen LogP contribution in [0.5, 0.6) is 5.75 Å². The maximum atomic E-state index is 12.5. The predicted octanol–water partition coefficient (Wildman–Crippen LogP) is 4.98. The van der Waals surface area contributed by atoms with Crippen molar-refractivity contribution in [1.82, 2.24) is 14.8 Å². The van der Waals surface area contributed by atoms with Crippen molar-refractivity contribution in [3.05, 3.63) is 84.4 Å². The molecule has 1 N–H and O–H groups in total. The molecule has 4 rings (SSSR count). The van der Waals surface area contributed by atoms with E-state index in [1.165, 1.54) is 11.8 Å². The van der Waals surface area contributed by atoms with Gasteiger partial charge in [0.15, 0.2) is 11.0 Å². The van der Waals surface area contributed by atoms with Gasteiger partial charge in [-0.1, -0.05) is 59.8 Å². The van der Waals surface area contributed by atoms with E-state index < -0.39 is 0 Å². The van der Waals surface area contributed by atoms with Crippen molar-refractivity contribution in [2.45, 2.75) is 12.1 Å². The third kappa shape index (κ3) is 4.95. The summed E-state index contributed by atoms with van der Waals surface area (Å²) in [5, 5.41) is 12.3. The van der Waals surface area contributed by atoms with Crippen molar-refractivity contribution in [1.29, 1.82) is 0 Å². The number of methoxy groups -OCH3 is 1. The summed E-state index contributed by atoms with van der Waals surface area (Å²) >= 11 is 1.34. The van der Waals surface area contributed by atoms with Gasteiger partial charge in [-0.05, 0) is 43.3 Å². The Hall–Kier alpha value is -3.58. The average molecular weight is 431 g/mol. The molecular formula is C24H22N4O2S. The Kier molecular flexibility index (Phi) is 6.33. The summed E-state index contributed by atoms with van der Waals surface area (Å²) in [6.45, 7) is 2.01. The van der Waals surface area contributed by atoms with Gasteiger partial charge in [0.1, 0.15) is 5.75 Å². The number of aromatic nitrogens is 3. The van der Waals surface area contributed by atoms with Crippen LogP contribution in [0.1, 0.15) is 5.56 Å². The van der Waals surface area contributed by atoms with Crippen molar-refractivity contribution in [2.24, 2.45) is 0 Å². The summed E-state index contributed by atoms with van der Waals surface area (Å²) in [6.07, 6.45) is 0. The Morgan fingerprint density at radius 1 is 1.00 bits per heavy atom. The smallest absolute Gasteiger partial charge is 0.234 e. The van der Waals surface area contributed by atoms with Crippen molar-refractivity contribution in [3.8, 4) is 22.8 Å². The molecule has 0 saturated heterocycles. The highest BCUT2D eigenvalue weighted by Gasteiger charge is 2.17. The van der Waals surface area contributed by atoms with Crippen molar-refractivity contribution < 1.29 is 9.53 Å². The van der Waals surface area contributed by atoms with Gasteiger partial charge < -0.3 is 10.1 Å². The normalized spacial score (nSPS) is 10.6. The van der Waals surface area contributed by atoms with E-state index in [4.69, 9.17) is 4.74 Å². The van der Waals surface area contributed by atoms with E-state index >= 15 is 0 Å². The number of hydrogen-bond donors (Lipinski definition) is 1. The number of carbonyl (C=O) groups is 1. The minimum Gasteiger partial charge on any atom is -0.497 e. The first-order chi connectivity index (χ1) is 15.1. The third-order valence-electron chi connectivity index (χ3n) is 4.64.